The zero-order valence-corrected chi connectivity index (χ0v) is 41.6. The summed E-state index contributed by atoms with van der Waals surface area (Å²) in [6, 6.07) is 67.8. The predicted octanol–water partition coefficient (Wildman–Crippen LogP) is 20.4. The molecule has 0 spiro atoms. The Bertz CT molecular complexity index is 4200. The third-order valence-corrected chi connectivity index (χ3v) is 16.3. The van der Waals surface area contributed by atoms with Gasteiger partial charge in [-0.1, -0.05) is 158 Å². The van der Waals surface area contributed by atoms with Gasteiger partial charge in [-0.25, -0.2) is 0 Å². The third kappa shape index (κ3) is 6.71. The monoisotopic (exact) mass is 970 g/mol. The first-order chi connectivity index (χ1) is 35.3. The zero-order chi connectivity index (χ0) is 48.2. The molecule has 0 amide bonds. The summed E-state index contributed by atoms with van der Waals surface area (Å²) in [5, 5.41) is 16.9. The smallest absolute Gasteiger partial charge is 0.390 e. The maximum atomic E-state index is 7.30. The highest BCUT2D eigenvalue weighted by Gasteiger charge is 2.25. The highest BCUT2D eigenvalue weighted by Crippen LogP contribution is 2.52. The Morgan fingerprint density at radius 3 is 0.819 bits per heavy atom. The summed E-state index contributed by atoms with van der Waals surface area (Å²) >= 11 is 0. The summed E-state index contributed by atoms with van der Waals surface area (Å²) in [6.45, 7) is 8.42. The van der Waals surface area contributed by atoms with Crippen molar-refractivity contribution in [1.29, 1.82) is 0 Å². The quantitative estimate of drug-likeness (QED) is 0.171. The molecule has 0 aliphatic heterocycles. The summed E-state index contributed by atoms with van der Waals surface area (Å²) in [5.41, 5.74) is 8.59. The van der Waals surface area contributed by atoms with Gasteiger partial charge in [-0.3, -0.25) is 0 Å². The molecule has 14 rings (SSSR count). The van der Waals surface area contributed by atoms with Crippen LogP contribution in [0.1, 0.15) is 22.3 Å². The predicted molar refractivity (Wildman–Crippen MR) is 301 cm³/mol. The molecule has 0 bridgehead atoms. The van der Waals surface area contributed by atoms with E-state index >= 15 is 0 Å². The van der Waals surface area contributed by atoms with Crippen molar-refractivity contribution in [3.05, 3.63) is 216 Å². The number of rotatable bonds is 5. The van der Waals surface area contributed by atoms with Gasteiger partial charge in [-0.15, -0.1) is 0 Å². The zero-order valence-electron chi connectivity index (χ0n) is 39.8. The molecule has 72 heavy (non-hydrogen) atoms. The van der Waals surface area contributed by atoms with Gasteiger partial charge in [0.1, 0.15) is 33.8 Å². The van der Waals surface area contributed by atoms with Crippen molar-refractivity contribution in [3.63, 3.8) is 0 Å². The van der Waals surface area contributed by atoms with Crippen LogP contribution in [-0.2, 0) is 0 Å². The molecular formula is C64H44O6P2. The lowest BCUT2D eigenvalue weighted by Crippen LogP contribution is -1.93. The van der Waals surface area contributed by atoms with Crippen molar-refractivity contribution in [2.75, 3.05) is 0 Å². The molecule has 0 unspecified atom stereocenters. The maximum Gasteiger partial charge on any atom is 0.453 e. The van der Waals surface area contributed by atoms with Crippen LogP contribution in [0.15, 0.2) is 211 Å². The first-order valence-electron chi connectivity index (χ1n) is 24.2. The van der Waals surface area contributed by atoms with Crippen LogP contribution in [0, 0.1) is 27.7 Å². The fraction of sp³-hybridized carbons (Fsp3) is 0.0625. The van der Waals surface area contributed by atoms with Crippen LogP contribution in [-0.4, -0.2) is 0 Å². The Labute approximate surface area is 415 Å². The Morgan fingerprint density at radius 1 is 0.278 bits per heavy atom. The van der Waals surface area contributed by atoms with Crippen molar-refractivity contribution in [2.24, 2.45) is 0 Å². The average Bonchev–Trinajstić information content (AvgIpc) is 3.70. The van der Waals surface area contributed by atoms with Crippen molar-refractivity contribution in [3.8, 4) is 22.6 Å². The van der Waals surface area contributed by atoms with E-state index in [0.29, 0.717) is 11.5 Å². The number of hydrogen-bond donors (Lipinski definition) is 0. The van der Waals surface area contributed by atoms with Gasteiger partial charge in [-0.05, 0) is 151 Å². The lowest BCUT2D eigenvalue weighted by atomic mass is 9.92. The van der Waals surface area contributed by atoms with E-state index in [-0.39, 0.29) is 0 Å². The van der Waals surface area contributed by atoms with E-state index in [1.54, 1.807) is 0 Å². The van der Waals surface area contributed by atoms with E-state index in [1.807, 2.05) is 12.1 Å². The van der Waals surface area contributed by atoms with Crippen LogP contribution in [0.5, 0.6) is 11.5 Å². The number of fused-ring (bicyclic) bond motifs is 16. The molecule has 8 heteroatoms. The molecule has 2 aromatic heterocycles. The standard InChI is InChI=1S/C64H44O6P2/c1-37-33-43-19-7-13-25-49(43)57-58-50-26-14-8-20-44(50)34-38(2)62(58)68-71(67-61(37)57)65-53-31-29-41-17-5-11-23-47(41)55(53)56-48-24-12-6-18-42(48)30-32-54(56)66-72-69-63-39(3)35-45-21-9-15-27-51(45)59(63)60-52-28-16-10-22-46(52)36-40(4)64(60)70-72/h5-36H,1-4H3. The fourth-order valence-electron chi connectivity index (χ4n) is 11.1. The SMILES string of the molecule is Cc1cc2ccccc2c2c1op(Oc1ccc3ccccc3c1-c1c(Op3oc4c(C)cc5ccccc5c4c4c(o3)c(C)cc3ccccc34)ccc3ccccc13)oc1c(C)cc3ccccc3c12. The highest BCUT2D eigenvalue weighted by molar-refractivity contribution is 7.32. The second-order valence-corrected chi connectivity index (χ2v) is 20.8. The Morgan fingerprint density at radius 2 is 0.528 bits per heavy atom. The summed E-state index contributed by atoms with van der Waals surface area (Å²) in [5.74, 6) is 1.16. The topological polar surface area (TPSA) is 71.0 Å². The molecule has 0 aliphatic carbocycles. The van der Waals surface area contributed by atoms with Crippen molar-refractivity contribution >= 4 is 125 Å². The lowest BCUT2D eigenvalue weighted by Gasteiger charge is -2.18. The summed E-state index contributed by atoms with van der Waals surface area (Å²) in [6.07, 6.45) is 0. The minimum Gasteiger partial charge on any atom is -0.390 e. The molecule has 0 saturated heterocycles. The van der Waals surface area contributed by atoms with Crippen LogP contribution in [0.3, 0.4) is 0 Å². The van der Waals surface area contributed by atoms with Gasteiger partial charge < -0.3 is 25.8 Å². The number of hydrogen-bond acceptors (Lipinski definition) is 6. The maximum absolute atomic E-state index is 7.30. The Balaban J connectivity index is 1.05. The van der Waals surface area contributed by atoms with Crippen LogP contribution >= 0.6 is 16.5 Å². The fourth-order valence-corrected chi connectivity index (χ4v) is 13.5. The van der Waals surface area contributed by atoms with Crippen molar-refractivity contribution < 1.29 is 25.8 Å². The lowest BCUT2D eigenvalue weighted by molar-refractivity contribution is 0.494. The van der Waals surface area contributed by atoms with E-state index in [4.69, 9.17) is 25.8 Å². The van der Waals surface area contributed by atoms with Gasteiger partial charge in [0, 0.05) is 32.7 Å². The molecule has 12 aromatic carbocycles. The van der Waals surface area contributed by atoms with Crippen LogP contribution in [0.2, 0.25) is 0 Å². The van der Waals surface area contributed by atoms with Gasteiger partial charge in [0.2, 0.25) is 0 Å². The molecular weight excluding hydrogens is 927 g/mol. The Kier molecular flexibility index (Phi) is 9.80. The second-order valence-electron chi connectivity index (χ2n) is 18.8. The molecule has 0 radical (unpaired) electrons. The molecule has 0 saturated carbocycles. The van der Waals surface area contributed by atoms with Crippen LogP contribution in [0.25, 0.3) is 120 Å². The first-order valence-corrected chi connectivity index (χ1v) is 26.4. The highest BCUT2D eigenvalue weighted by atomic mass is 31.1. The minimum atomic E-state index is -2.11. The Hall–Kier alpha value is -8.40. The molecule has 0 aliphatic rings. The molecule has 0 atom stereocenters. The van der Waals surface area contributed by atoms with E-state index in [9.17, 15) is 0 Å². The van der Waals surface area contributed by atoms with E-state index < -0.39 is 16.5 Å². The molecule has 0 N–H and O–H groups in total. The molecule has 2 heterocycles. The van der Waals surface area contributed by atoms with E-state index in [1.165, 1.54) is 0 Å². The molecule has 346 valence electrons. The van der Waals surface area contributed by atoms with Crippen LogP contribution in [0.4, 0.5) is 0 Å². The largest absolute Gasteiger partial charge is 0.453 e. The third-order valence-electron chi connectivity index (χ3n) is 14.3. The van der Waals surface area contributed by atoms with Gasteiger partial charge in [0.05, 0.1) is 0 Å². The van der Waals surface area contributed by atoms with E-state index in [2.05, 4.69) is 210 Å². The van der Waals surface area contributed by atoms with Gasteiger partial charge >= 0.3 is 16.5 Å². The average molecular weight is 971 g/mol. The van der Waals surface area contributed by atoms with Crippen molar-refractivity contribution in [2.45, 2.75) is 27.7 Å². The summed E-state index contributed by atoms with van der Waals surface area (Å²) in [7, 11) is -4.21. The minimum absolute atomic E-state index is 0.582. The molecule has 6 nitrogen and oxygen atoms in total. The van der Waals surface area contributed by atoms with E-state index in [0.717, 1.165) is 142 Å². The summed E-state index contributed by atoms with van der Waals surface area (Å²) < 4.78 is 43.2. The molecule has 14 aromatic rings. The van der Waals surface area contributed by atoms with Gasteiger partial charge in [0.25, 0.3) is 0 Å². The normalized spacial score (nSPS) is 11.9. The number of aryl methyl sites for hydroxylation is 4. The van der Waals surface area contributed by atoms with Crippen LogP contribution < -0.4 is 9.05 Å². The second kappa shape index (κ2) is 16.6. The summed E-state index contributed by atoms with van der Waals surface area (Å²) in [4.78, 5) is 0. The van der Waals surface area contributed by atoms with Gasteiger partial charge in [0.15, 0.2) is 0 Å². The first kappa shape index (κ1) is 42.5. The van der Waals surface area contributed by atoms with Gasteiger partial charge in [-0.2, -0.15) is 0 Å². The van der Waals surface area contributed by atoms with Crippen molar-refractivity contribution in [1.82, 2.24) is 0 Å². The number of benzene rings is 12. The molecule has 0 fully saturated rings.